The molecule has 0 spiro atoms. The zero-order chi connectivity index (χ0) is 24.8. The SMILES string of the molecule is C=C1C[C@@H]2OC(=O)[C@@]3(C)CCC[C@@](C)([C@@H]23)[C@H]1CCC(C)CCO[C@@H]1O[C@H](CO)[C@@H](O)[C@H](O)[C@H]1O. The maximum Gasteiger partial charge on any atom is 0.312 e. The minimum Gasteiger partial charge on any atom is -0.461 e. The Labute approximate surface area is 202 Å². The van der Waals surface area contributed by atoms with E-state index in [1.807, 2.05) is 0 Å². The van der Waals surface area contributed by atoms with Crippen LogP contribution in [0.25, 0.3) is 0 Å². The predicted molar refractivity (Wildman–Crippen MR) is 123 cm³/mol. The molecule has 194 valence electrons. The molecule has 2 heterocycles. The molecular formula is C26H42O8. The molecule has 4 fully saturated rings. The van der Waals surface area contributed by atoms with Gasteiger partial charge in [-0.25, -0.2) is 0 Å². The van der Waals surface area contributed by atoms with Gasteiger partial charge in [-0.3, -0.25) is 4.79 Å². The second kappa shape index (κ2) is 9.79. The second-order valence-corrected chi connectivity index (χ2v) is 11.7. The lowest BCUT2D eigenvalue weighted by Gasteiger charge is -2.55. The summed E-state index contributed by atoms with van der Waals surface area (Å²) in [7, 11) is 0. The van der Waals surface area contributed by atoms with Crippen LogP contribution in [0.3, 0.4) is 0 Å². The molecular weight excluding hydrogens is 440 g/mol. The minimum absolute atomic E-state index is 0.0196. The Morgan fingerprint density at radius 2 is 1.88 bits per heavy atom. The van der Waals surface area contributed by atoms with E-state index in [9.17, 15) is 25.2 Å². The minimum atomic E-state index is -1.43. The van der Waals surface area contributed by atoms with Gasteiger partial charge >= 0.3 is 5.97 Å². The van der Waals surface area contributed by atoms with Gasteiger partial charge in [0.05, 0.1) is 18.6 Å². The van der Waals surface area contributed by atoms with Crippen molar-refractivity contribution in [2.24, 2.45) is 28.6 Å². The van der Waals surface area contributed by atoms with Crippen molar-refractivity contribution in [2.75, 3.05) is 13.2 Å². The fourth-order valence-corrected chi connectivity index (χ4v) is 7.42. The number of carbonyl (C=O) groups is 1. The molecule has 0 amide bonds. The molecule has 1 unspecified atom stereocenters. The molecule has 4 rings (SSSR count). The van der Waals surface area contributed by atoms with E-state index in [0.29, 0.717) is 18.4 Å². The lowest BCUT2D eigenvalue weighted by atomic mass is 9.47. The summed E-state index contributed by atoms with van der Waals surface area (Å²) in [6.45, 7) is 10.9. The van der Waals surface area contributed by atoms with Crippen LogP contribution in [-0.2, 0) is 19.0 Å². The van der Waals surface area contributed by atoms with Crippen molar-refractivity contribution in [3.63, 3.8) is 0 Å². The van der Waals surface area contributed by atoms with Crippen LogP contribution in [0.4, 0.5) is 0 Å². The van der Waals surface area contributed by atoms with Crippen molar-refractivity contribution < 1.29 is 39.4 Å². The maximum absolute atomic E-state index is 12.7. The molecule has 8 heteroatoms. The number of aliphatic hydroxyl groups is 4. The number of carbonyl (C=O) groups excluding carboxylic acids is 1. The fourth-order valence-electron chi connectivity index (χ4n) is 7.42. The monoisotopic (exact) mass is 482 g/mol. The van der Waals surface area contributed by atoms with E-state index in [1.165, 1.54) is 5.57 Å². The van der Waals surface area contributed by atoms with E-state index in [2.05, 4.69) is 27.4 Å². The molecule has 0 aromatic heterocycles. The van der Waals surface area contributed by atoms with Crippen LogP contribution in [0.2, 0.25) is 0 Å². The molecule has 2 aliphatic heterocycles. The van der Waals surface area contributed by atoms with Gasteiger partial charge < -0.3 is 34.6 Å². The Kier molecular flexibility index (Phi) is 7.50. The molecule has 0 radical (unpaired) electrons. The van der Waals surface area contributed by atoms with Gasteiger partial charge in [0.25, 0.3) is 0 Å². The first kappa shape index (κ1) is 26.0. The summed E-state index contributed by atoms with van der Waals surface area (Å²) < 4.78 is 16.9. The molecule has 11 atom stereocenters. The average molecular weight is 483 g/mol. The molecule has 0 bridgehead atoms. The van der Waals surface area contributed by atoms with Crippen LogP contribution in [0, 0.1) is 28.6 Å². The Hall–Kier alpha value is -1.03. The third kappa shape index (κ3) is 4.35. The normalized spacial score (nSPS) is 47.3. The number of esters is 1. The van der Waals surface area contributed by atoms with Gasteiger partial charge in [0.15, 0.2) is 6.29 Å². The summed E-state index contributed by atoms with van der Waals surface area (Å²) in [4.78, 5) is 12.7. The number of hydrogen-bond donors (Lipinski definition) is 4. The summed E-state index contributed by atoms with van der Waals surface area (Å²) >= 11 is 0. The van der Waals surface area contributed by atoms with Crippen LogP contribution in [0.5, 0.6) is 0 Å². The third-order valence-electron chi connectivity index (χ3n) is 9.35. The standard InChI is InChI=1S/C26H42O8/c1-14(8-11-32-23-21(30)20(29)19(28)18(13-27)33-23)6-7-16-15(2)12-17-22-25(16,3)9-5-10-26(22,4)24(31)34-17/h14,16-23,27-30H,2,5-13H2,1,3-4H3/t14?,16-,17-,18+,19+,20-,21+,22+,23+,25+,26-/m0/s1. The first-order chi connectivity index (χ1) is 16.0. The third-order valence-corrected chi connectivity index (χ3v) is 9.35. The first-order valence-electron chi connectivity index (χ1n) is 12.8. The summed E-state index contributed by atoms with van der Waals surface area (Å²) in [5.41, 5.74) is 0.847. The highest BCUT2D eigenvalue weighted by Crippen LogP contribution is 2.65. The van der Waals surface area contributed by atoms with Gasteiger partial charge in [0.2, 0.25) is 0 Å². The van der Waals surface area contributed by atoms with Crippen molar-refractivity contribution in [3.8, 4) is 0 Å². The number of ether oxygens (including phenoxy) is 3. The zero-order valence-corrected chi connectivity index (χ0v) is 20.7. The van der Waals surface area contributed by atoms with Gasteiger partial charge in [-0.2, -0.15) is 0 Å². The maximum atomic E-state index is 12.7. The van der Waals surface area contributed by atoms with Crippen molar-refractivity contribution >= 4 is 5.97 Å². The fraction of sp³-hybridized carbons (Fsp3) is 0.885. The van der Waals surface area contributed by atoms with Gasteiger partial charge in [0, 0.05) is 12.3 Å². The van der Waals surface area contributed by atoms with Gasteiger partial charge in [-0.1, -0.05) is 38.8 Å². The summed E-state index contributed by atoms with van der Waals surface area (Å²) in [6, 6.07) is 0. The van der Waals surface area contributed by atoms with Crippen molar-refractivity contribution in [1.29, 1.82) is 0 Å². The van der Waals surface area contributed by atoms with Gasteiger partial charge in [-0.15, -0.1) is 0 Å². The quantitative estimate of drug-likeness (QED) is 0.305. The van der Waals surface area contributed by atoms with Gasteiger partial charge in [-0.05, 0) is 49.9 Å². The topological polar surface area (TPSA) is 126 Å². The molecule has 8 nitrogen and oxygen atoms in total. The molecule has 4 aliphatic rings. The number of rotatable bonds is 8. The first-order valence-corrected chi connectivity index (χ1v) is 12.8. The second-order valence-electron chi connectivity index (χ2n) is 11.7. The van der Waals surface area contributed by atoms with Crippen LogP contribution in [-0.4, -0.2) is 76.4 Å². The molecule has 2 saturated heterocycles. The highest BCUT2D eigenvalue weighted by Gasteiger charge is 2.66. The van der Waals surface area contributed by atoms with E-state index >= 15 is 0 Å². The highest BCUT2D eigenvalue weighted by molar-refractivity contribution is 5.80. The van der Waals surface area contributed by atoms with E-state index in [4.69, 9.17) is 14.2 Å². The number of hydrogen-bond acceptors (Lipinski definition) is 8. The van der Waals surface area contributed by atoms with Crippen LogP contribution >= 0.6 is 0 Å². The lowest BCUT2D eigenvalue weighted by molar-refractivity contribution is -0.301. The lowest BCUT2D eigenvalue weighted by Crippen LogP contribution is -2.59. The van der Waals surface area contributed by atoms with E-state index in [-0.39, 0.29) is 28.8 Å². The van der Waals surface area contributed by atoms with Crippen molar-refractivity contribution in [3.05, 3.63) is 12.2 Å². The van der Waals surface area contributed by atoms with Crippen LogP contribution in [0.1, 0.15) is 65.7 Å². The Bertz CT molecular complexity index is 770. The van der Waals surface area contributed by atoms with Crippen molar-refractivity contribution in [2.45, 2.75) is 103 Å². The largest absolute Gasteiger partial charge is 0.461 e. The van der Waals surface area contributed by atoms with Crippen LogP contribution in [0.15, 0.2) is 12.2 Å². The summed E-state index contributed by atoms with van der Waals surface area (Å²) in [6.07, 6.45) is 0.283. The highest BCUT2D eigenvalue weighted by atomic mass is 16.7. The molecule has 0 aromatic rings. The molecule has 2 saturated carbocycles. The van der Waals surface area contributed by atoms with E-state index in [0.717, 1.165) is 44.9 Å². The molecule has 34 heavy (non-hydrogen) atoms. The Morgan fingerprint density at radius 3 is 2.59 bits per heavy atom. The van der Waals surface area contributed by atoms with E-state index < -0.39 is 37.3 Å². The van der Waals surface area contributed by atoms with Gasteiger partial charge in [0.1, 0.15) is 30.5 Å². The molecule has 0 aromatic carbocycles. The summed E-state index contributed by atoms with van der Waals surface area (Å²) in [5, 5.41) is 39.3. The predicted octanol–water partition coefficient (Wildman–Crippen LogP) is 1.92. The average Bonchev–Trinajstić information content (AvgIpc) is 3.04. The zero-order valence-electron chi connectivity index (χ0n) is 20.7. The molecule has 2 aliphatic carbocycles. The Morgan fingerprint density at radius 1 is 1.15 bits per heavy atom. The van der Waals surface area contributed by atoms with E-state index in [1.54, 1.807) is 0 Å². The summed E-state index contributed by atoms with van der Waals surface area (Å²) in [5.74, 6) is 0.939. The smallest absolute Gasteiger partial charge is 0.312 e. The van der Waals surface area contributed by atoms with Crippen LogP contribution < -0.4 is 0 Å². The van der Waals surface area contributed by atoms with Crippen molar-refractivity contribution in [1.82, 2.24) is 0 Å². The number of aliphatic hydroxyl groups excluding tert-OH is 4. The Balaban J connectivity index is 1.30. The molecule has 4 N–H and O–H groups in total.